The molecule has 0 radical (unpaired) electrons. The van der Waals surface area contributed by atoms with Crippen LogP contribution in [0.15, 0.2) is 6.20 Å². The molecule has 110 valence electrons. The standard InChI is InChI=1S/C15H24N4O/c1-10-12(14(20)19-15(2,3)4)9-17-13(18-10)11-6-5-7-16-8-11/h9,11,16H,5-8H2,1-4H3,(H,19,20)/t11-/m1/s1. The first kappa shape index (κ1) is 14.9. The lowest BCUT2D eigenvalue weighted by atomic mass is 9.98. The van der Waals surface area contributed by atoms with Crippen molar-refractivity contribution in [1.82, 2.24) is 20.6 Å². The van der Waals surface area contributed by atoms with E-state index in [-0.39, 0.29) is 11.4 Å². The molecule has 1 aliphatic rings. The molecule has 2 heterocycles. The quantitative estimate of drug-likeness (QED) is 0.864. The van der Waals surface area contributed by atoms with Crippen molar-refractivity contribution < 1.29 is 4.79 Å². The van der Waals surface area contributed by atoms with Gasteiger partial charge in [0.05, 0.1) is 11.3 Å². The van der Waals surface area contributed by atoms with Crippen LogP contribution in [0, 0.1) is 6.92 Å². The molecule has 0 unspecified atom stereocenters. The fourth-order valence-electron chi connectivity index (χ4n) is 2.38. The van der Waals surface area contributed by atoms with E-state index in [0.717, 1.165) is 37.4 Å². The molecule has 5 nitrogen and oxygen atoms in total. The van der Waals surface area contributed by atoms with Crippen LogP contribution in [0.4, 0.5) is 0 Å². The van der Waals surface area contributed by atoms with Gasteiger partial charge in [-0.15, -0.1) is 0 Å². The van der Waals surface area contributed by atoms with E-state index in [2.05, 4.69) is 20.6 Å². The van der Waals surface area contributed by atoms with Gasteiger partial charge in [-0.25, -0.2) is 9.97 Å². The highest BCUT2D eigenvalue weighted by Gasteiger charge is 2.21. The Kier molecular flexibility index (Phi) is 4.38. The van der Waals surface area contributed by atoms with Crippen molar-refractivity contribution in [1.29, 1.82) is 0 Å². The maximum Gasteiger partial charge on any atom is 0.255 e. The minimum absolute atomic E-state index is 0.108. The summed E-state index contributed by atoms with van der Waals surface area (Å²) in [4.78, 5) is 21.1. The lowest BCUT2D eigenvalue weighted by Crippen LogP contribution is -2.41. The van der Waals surface area contributed by atoms with E-state index >= 15 is 0 Å². The fourth-order valence-corrected chi connectivity index (χ4v) is 2.38. The summed E-state index contributed by atoms with van der Waals surface area (Å²) in [6, 6.07) is 0. The summed E-state index contributed by atoms with van der Waals surface area (Å²) < 4.78 is 0. The van der Waals surface area contributed by atoms with Gasteiger partial charge >= 0.3 is 0 Å². The second-order valence-electron chi connectivity index (χ2n) is 6.47. The SMILES string of the molecule is Cc1nc([C@@H]2CCCNC2)ncc1C(=O)NC(C)(C)C. The van der Waals surface area contributed by atoms with Crippen molar-refractivity contribution in [3.05, 3.63) is 23.3 Å². The van der Waals surface area contributed by atoms with Crippen molar-refractivity contribution in [2.75, 3.05) is 13.1 Å². The van der Waals surface area contributed by atoms with Crippen LogP contribution < -0.4 is 10.6 Å². The third kappa shape index (κ3) is 3.76. The van der Waals surface area contributed by atoms with Crippen molar-refractivity contribution in [3.63, 3.8) is 0 Å². The van der Waals surface area contributed by atoms with E-state index < -0.39 is 0 Å². The average molecular weight is 276 g/mol. The second-order valence-corrected chi connectivity index (χ2v) is 6.47. The summed E-state index contributed by atoms with van der Waals surface area (Å²) in [5.74, 6) is 1.10. The number of hydrogen-bond donors (Lipinski definition) is 2. The van der Waals surface area contributed by atoms with Crippen molar-refractivity contribution in [2.24, 2.45) is 0 Å². The van der Waals surface area contributed by atoms with Gasteiger partial charge in [0.1, 0.15) is 5.82 Å². The van der Waals surface area contributed by atoms with E-state index in [4.69, 9.17) is 0 Å². The molecular formula is C15H24N4O. The predicted molar refractivity (Wildman–Crippen MR) is 78.8 cm³/mol. The first-order valence-electron chi connectivity index (χ1n) is 7.23. The Balaban J connectivity index is 2.15. The lowest BCUT2D eigenvalue weighted by Gasteiger charge is -2.23. The Morgan fingerprint density at radius 3 is 2.75 bits per heavy atom. The zero-order chi connectivity index (χ0) is 14.8. The third-order valence-electron chi connectivity index (χ3n) is 3.39. The smallest absolute Gasteiger partial charge is 0.255 e. The van der Waals surface area contributed by atoms with Gasteiger partial charge in [-0.05, 0) is 47.1 Å². The molecule has 1 aromatic rings. The Morgan fingerprint density at radius 2 is 2.20 bits per heavy atom. The Hall–Kier alpha value is -1.49. The van der Waals surface area contributed by atoms with Crippen LogP contribution in [0.1, 0.15) is 61.4 Å². The first-order chi connectivity index (χ1) is 9.37. The highest BCUT2D eigenvalue weighted by molar-refractivity contribution is 5.95. The molecule has 20 heavy (non-hydrogen) atoms. The molecule has 0 saturated carbocycles. The zero-order valence-electron chi connectivity index (χ0n) is 12.8. The Labute approximate surface area is 120 Å². The Morgan fingerprint density at radius 1 is 1.45 bits per heavy atom. The number of amides is 1. The second kappa shape index (κ2) is 5.87. The number of aryl methyl sites for hydroxylation is 1. The molecule has 2 N–H and O–H groups in total. The van der Waals surface area contributed by atoms with Gasteiger partial charge < -0.3 is 10.6 Å². The lowest BCUT2D eigenvalue weighted by molar-refractivity contribution is 0.0918. The summed E-state index contributed by atoms with van der Waals surface area (Å²) in [5, 5.41) is 6.31. The number of rotatable bonds is 2. The van der Waals surface area contributed by atoms with Gasteiger partial charge in [0, 0.05) is 24.2 Å². The fraction of sp³-hybridized carbons (Fsp3) is 0.667. The molecule has 0 aliphatic carbocycles. The highest BCUT2D eigenvalue weighted by Crippen LogP contribution is 2.20. The molecular weight excluding hydrogens is 252 g/mol. The summed E-state index contributed by atoms with van der Waals surface area (Å²) >= 11 is 0. The topological polar surface area (TPSA) is 66.9 Å². The molecule has 1 aromatic heterocycles. The molecule has 0 aromatic carbocycles. The van der Waals surface area contributed by atoms with E-state index in [1.165, 1.54) is 0 Å². The Bertz CT molecular complexity index is 487. The van der Waals surface area contributed by atoms with Crippen LogP contribution in [-0.2, 0) is 0 Å². The van der Waals surface area contributed by atoms with Gasteiger partial charge in [0.25, 0.3) is 5.91 Å². The number of nitrogens with one attached hydrogen (secondary N) is 2. The molecule has 1 atom stereocenters. The summed E-state index contributed by atoms with van der Waals surface area (Å²) in [5.41, 5.74) is 1.06. The maximum atomic E-state index is 12.2. The summed E-state index contributed by atoms with van der Waals surface area (Å²) in [6.07, 6.45) is 3.92. The normalized spacial score (nSPS) is 19.7. The molecule has 1 amide bonds. The van der Waals surface area contributed by atoms with Gasteiger partial charge in [-0.2, -0.15) is 0 Å². The van der Waals surface area contributed by atoms with Crippen LogP contribution >= 0.6 is 0 Å². The molecule has 0 bridgehead atoms. The van der Waals surface area contributed by atoms with Crippen molar-refractivity contribution in [2.45, 2.75) is 52.0 Å². The number of nitrogens with zero attached hydrogens (tertiary/aromatic N) is 2. The largest absolute Gasteiger partial charge is 0.347 e. The summed E-state index contributed by atoms with van der Waals surface area (Å²) in [7, 11) is 0. The molecule has 1 aliphatic heterocycles. The third-order valence-corrected chi connectivity index (χ3v) is 3.39. The zero-order valence-corrected chi connectivity index (χ0v) is 12.8. The van der Waals surface area contributed by atoms with E-state index in [9.17, 15) is 4.79 Å². The maximum absolute atomic E-state index is 12.2. The van der Waals surface area contributed by atoms with Gasteiger partial charge in [-0.1, -0.05) is 0 Å². The van der Waals surface area contributed by atoms with Gasteiger partial charge in [0.2, 0.25) is 0 Å². The minimum atomic E-state index is -0.254. The summed E-state index contributed by atoms with van der Waals surface area (Å²) in [6.45, 7) is 9.75. The number of hydrogen-bond acceptors (Lipinski definition) is 4. The molecule has 1 fully saturated rings. The van der Waals surface area contributed by atoms with Crippen LogP contribution in [0.3, 0.4) is 0 Å². The van der Waals surface area contributed by atoms with Crippen LogP contribution in [-0.4, -0.2) is 34.5 Å². The molecule has 1 saturated heterocycles. The molecule has 5 heteroatoms. The van der Waals surface area contributed by atoms with E-state index in [0.29, 0.717) is 11.5 Å². The van der Waals surface area contributed by atoms with Crippen molar-refractivity contribution in [3.8, 4) is 0 Å². The highest BCUT2D eigenvalue weighted by atomic mass is 16.1. The number of aromatic nitrogens is 2. The van der Waals surface area contributed by atoms with E-state index in [1.54, 1.807) is 6.20 Å². The average Bonchev–Trinajstić information content (AvgIpc) is 2.37. The minimum Gasteiger partial charge on any atom is -0.347 e. The number of carbonyl (C=O) groups is 1. The van der Waals surface area contributed by atoms with Crippen LogP contribution in [0.5, 0.6) is 0 Å². The molecule has 0 spiro atoms. The molecule has 2 rings (SSSR count). The number of piperidine rings is 1. The monoisotopic (exact) mass is 276 g/mol. The van der Waals surface area contributed by atoms with Crippen LogP contribution in [0.25, 0.3) is 0 Å². The van der Waals surface area contributed by atoms with Gasteiger partial charge in [0.15, 0.2) is 0 Å². The predicted octanol–water partition coefficient (Wildman–Crippen LogP) is 1.78. The van der Waals surface area contributed by atoms with E-state index in [1.807, 2.05) is 27.7 Å². The van der Waals surface area contributed by atoms with Gasteiger partial charge in [-0.3, -0.25) is 4.79 Å². The number of carbonyl (C=O) groups excluding carboxylic acids is 1. The van der Waals surface area contributed by atoms with Crippen molar-refractivity contribution >= 4 is 5.91 Å². The van der Waals surface area contributed by atoms with Crippen LogP contribution in [0.2, 0.25) is 0 Å². The first-order valence-corrected chi connectivity index (χ1v) is 7.23.